The van der Waals surface area contributed by atoms with Gasteiger partial charge in [-0.25, -0.2) is 18.7 Å². The average Bonchev–Trinajstić information content (AvgIpc) is 3.09. The molecule has 0 N–H and O–H groups in total. The van der Waals surface area contributed by atoms with Crippen molar-refractivity contribution in [2.75, 3.05) is 6.54 Å². The number of hydrogen-bond acceptors (Lipinski definition) is 5. The molecule has 1 aliphatic rings. The monoisotopic (exact) mass is 374 g/mol. The Morgan fingerprint density at radius 1 is 1.07 bits per heavy atom. The summed E-state index contributed by atoms with van der Waals surface area (Å²) in [5, 5.41) is 8.11. The van der Waals surface area contributed by atoms with E-state index < -0.39 is 23.5 Å². The second-order valence-electron chi connectivity index (χ2n) is 6.08. The molecule has 1 aliphatic heterocycles. The van der Waals surface area contributed by atoms with Crippen LogP contribution >= 0.6 is 0 Å². The molecule has 0 aliphatic carbocycles. The van der Waals surface area contributed by atoms with Crippen molar-refractivity contribution in [2.24, 2.45) is 0 Å². The maximum atomic E-state index is 13.8. The molecule has 0 fully saturated rings. The minimum atomic E-state index is -1.03. The van der Waals surface area contributed by atoms with Crippen molar-refractivity contribution in [1.82, 2.24) is 29.6 Å². The van der Waals surface area contributed by atoms with E-state index in [0.29, 0.717) is 30.4 Å². The van der Waals surface area contributed by atoms with Gasteiger partial charge in [-0.1, -0.05) is 0 Å². The van der Waals surface area contributed by atoms with E-state index in [1.54, 1.807) is 4.57 Å². The fraction of sp³-hybridized carbons (Fsp3) is 0.235. The summed E-state index contributed by atoms with van der Waals surface area (Å²) in [6.07, 6.45) is 2.25. The van der Waals surface area contributed by atoms with Gasteiger partial charge in [0.2, 0.25) is 5.95 Å². The zero-order chi connectivity index (χ0) is 19.1. The van der Waals surface area contributed by atoms with E-state index in [1.807, 2.05) is 0 Å². The molecule has 0 unspecified atom stereocenters. The first-order valence-corrected chi connectivity index (χ1v) is 8.09. The molecule has 0 radical (unpaired) electrons. The molecular formula is C17H13F3N6O. The predicted molar refractivity (Wildman–Crippen MR) is 86.8 cm³/mol. The van der Waals surface area contributed by atoms with Gasteiger partial charge in [0, 0.05) is 24.2 Å². The van der Waals surface area contributed by atoms with Gasteiger partial charge in [0.15, 0.2) is 23.3 Å². The molecule has 0 saturated heterocycles. The van der Waals surface area contributed by atoms with Crippen LogP contribution in [-0.2, 0) is 13.1 Å². The Hall–Kier alpha value is -3.30. The first-order chi connectivity index (χ1) is 13.0. The van der Waals surface area contributed by atoms with Crippen LogP contribution in [0.25, 0.3) is 11.5 Å². The lowest BCUT2D eigenvalue weighted by Gasteiger charge is -2.28. The van der Waals surface area contributed by atoms with Crippen molar-refractivity contribution in [3.05, 3.63) is 59.1 Å². The van der Waals surface area contributed by atoms with Crippen molar-refractivity contribution < 1.29 is 18.0 Å². The maximum Gasteiger partial charge on any atom is 0.254 e. The minimum Gasteiger partial charge on any atom is -0.329 e. The normalized spacial score (nSPS) is 13.6. The van der Waals surface area contributed by atoms with Gasteiger partial charge >= 0.3 is 0 Å². The standard InChI is InChI=1S/C17H13F3N6O/c1-9-10(2-3-11(18)15(9)20)17(27)25-4-5-26-14(8-25)23-24-16(26)12-6-22-13(19)7-21-12/h2-3,6-7H,4-5,8H2,1H3. The quantitative estimate of drug-likeness (QED) is 0.687. The van der Waals surface area contributed by atoms with Crippen LogP contribution in [0.4, 0.5) is 13.2 Å². The number of rotatable bonds is 2. The average molecular weight is 374 g/mol. The predicted octanol–water partition coefficient (Wildman–Crippen LogP) is 2.12. The van der Waals surface area contributed by atoms with Gasteiger partial charge < -0.3 is 9.47 Å². The highest BCUT2D eigenvalue weighted by Gasteiger charge is 2.27. The van der Waals surface area contributed by atoms with Crippen LogP contribution in [0.3, 0.4) is 0 Å². The van der Waals surface area contributed by atoms with Crippen LogP contribution in [0, 0.1) is 24.5 Å². The van der Waals surface area contributed by atoms with Gasteiger partial charge in [-0.3, -0.25) is 4.79 Å². The molecule has 3 heterocycles. The molecule has 1 amide bonds. The first kappa shape index (κ1) is 17.1. The molecule has 0 atom stereocenters. The van der Waals surface area contributed by atoms with E-state index in [9.17, 15) is 18.0 Å². The molecule has 10 heteroatoms. The van der Waals surface area contributed by atoms with E-state index in [1.165, 1.54) is 24.1 Å². The van der Waals surface area contributed by atoms with E-state index in [-0.39, 0.29) is 17.7 Å². The van der Waals surface area contributed by atoms with Gasteiger partial charge in [-0.15, -0.1) is 10.2 Å². The molecule has 1 aromatic carbocycles. The van der Waals surface area contributed by atoms with Crippen molar-refractivity contribution in [1.29, 1.82) is 0 Å². The van der Waals surface area contributed by atoms with Crippen LogP contribution in [0.15, 0.2) is 24.5 Å². The van der Waals surface area contributed by atoms with Gasteiger partial charge in [0.25, 0.3) is 5.91 Å². The smallest absolute Gasteiger partial charge is 0.254 e. The highest BCUT2D eigenvalue weighted by atomic mass is 19.2. The van der Waals surface area contributed by atoms with E-state index in [0.717, 1.165) is 12.3 Å². The molecule has 0 spiro atoms. The summed E-state index contributed by atoms with van der Waals surface area (Å²) in [7, 11) is 0. The molecule has 4 rings (SSSR count). The van der Waals surface area contributed by atoms with Crippen LogP contribution in [0.1, 0.15) is 21.7 Å². The first-order valence-electron chi connectivity index (χ1n) is 8.09. The summed E-state index contributed by atoms with van der Waals surface area (Å²) < 4.78 is 41.8. The van der Waals surface area contributed by atoms with Crippen LogP contribution < -0.4 is 0 Å². The SMILES string of the molecule is Cc1c(C(=O)N2CCn3c(nnc3-c3cnc(F)cn3)C2)ccc(F)c1F. The summed E-state index contributed by atoms with van der Waals surface area (Å²) in [5.74, 6) is -2.20. The third-order valence-corrected chi connectivity index (χ3v) is 4.46. The molecular weight excluding hydrogens is 361 g/mol. The third kappa shape index (κ3) is 2.92. The Balaban J connectivity index is 1.60. The second kappa shape index (κ2) is 6.45. The number of carbonyl (C=O) groups is 1. The Bertz CT molecular complexity index is 1030. The number of carbonyl (C=O) groups excluding carboxylic acids is 1. The van der Waals surface area contributed by atoms with Gasteiger partial charge in [0.1, 0.15) is 5.69 Å². The highest BCUT2D eigenvalue weighted by molar-refractivity contribution is 5.95. The summed E-state index contributed by atoms with van der Waals surface area (Å²) in [5.41, 5.74) is 0.437. The van der Waals surface area contributed by atoms with Crippen LogP contribution in [-0.4, -0.2) is 42.1 Å². The molecule has 2 aromatic heterocycles. The number of fused-ring (bicyclic) bond motifs is 1. The van der Waals surface area contributed by atoms with Crippen LogP contribution in [0.2, 0.25) is 0 Å². The van der Waals surface area contributed by atoms with Crippen molar-refractivity contribution in [3.63, 3.8) is 0 Å². The maximum absolute atomic E-state index is 13.8. The summed E-state index contributed by atoms with van der Waals surface area (Å²) in [6.45, 7) is 2.22. The molecule has 7 nitrogen and oxygen atoms in total. The van der Waals surface area contributed by atoms with Gasteiger partial charge in [-0.05, 0) is 19.1 Å². The van der Waals surface area contributed by atoms with Gasteiger partial charge in [0.05, 0.1) is 18.9 Å². The Kier molecular flexibility index (Phi) is 4.09. The number of aromatic nitrogens is 5. The Labute approximate surface area is 151 Å². The van der Waals surface area contributed by atoms with Gasteiger partial charge in [-0.2, -0.15) is 4.39 Å². The van der Waals surface area contributed by atoms with E-state index in [4.69, 9.17) is 0 Å². The molecule has 0 saturated carbocycles. The lowest BCUT2D eigenvalue weighted by molar-refractivity contribution is 0.0706. The van der Waals surface area contributed by atoms with Crippen molar-refractivity contribution in [2.45, 2.75) is 20.0 Å². The lowest BCUT2D eigenvalue weighted by Crippen LogP contribution is -2.39. The molecule has 138 valence electrons. The molecule has 3 aromatic rings. The van der Waals surface area contributed by atoms with E-state index >= 15 is 0 Å². The zero-order valence-corrected chi connectivity index (χ0v) is 14.2. The third-order valence-electron chi connectivity index (χ3n) is 4.46. The number of hydrogen-bond donors (Lipinski definition) is 0. The number of amides is 1. The number of halogens is 3. The number of nitrogens with zero attached hydrogens (tertiary/aromatic N) is 6. The minimum absolute atomic E-state index is 0.0330. The summed E-state index contributed by atoms with van der Waals surface area (Å²) in [4.78, 5) is 21.7. The fourth-order valence-electron chi connectivity index (χ4n) is 3.00. The Morgan fingerprint density at radius 2 is 1.89 bits per heavy atom. The fourth-order valence-corrected chi connectivity index (χ4v) is 3.00. The number of benzene rings is 1. The second-order valence-corrected chi connectivity index (χ2v) is 6.08. The van der Waals surface area contributed by atoms with Crippen molar-refractivity contribution in [3.8, 4) is 11.5 Å². The Morgan fingerprint density at radius 3 is 2.63 bits per heavy atom. The van der Waals surface area contributed by atoms with E-state index in [2.05, 4.69) is 20.2 Å². The van der Waals surface area contributed by atoms with Crippen LogP contribution in [0.5, 0.6) is 0 Å². The summed E-state index contributed by atoms with van der Waals surface area (Å²) >= 11 is 0. The largest absolute Gasteiger partial charge is 0.329 e. The lowest BCUT2D eigenvalue weighted by atomic mass is 10.1. The summed E-state index contributed by atoms with van der Waals surface area (Å²) in [6, 6.07) is 2.21. The topological polar surface area (TPSA) is 76.8 Å². The molecule has 0 bridgehead atoms. The molecule has 27 heavy (non-hydrogen) atoms. The highest BCUT2D eigenvalue weighted by Crippen LogP contribution is 2.23. The zero-order valence-electron chi connectivity index (χ0n) is 14.2. The van der Waals surface area contributed by atoms with Crippen molar-refractivity contribution >= 4 is 5.91 Å².